The van der Waals surface area contributed by atoms with Gasteiger partial charge in [0.15, 0.2) is 0 Å². The first-order chi connectivity index (χ1) is 8.13. The summed E-state index contributed by atoms with van der Waals surface area (Å²) in [6.07, 6.45) is 4.71. The van der Waals surface area contributed by atoms with Crippen molar-refractivity contribution >= 4 is 17.5 Å². The van der Waals surface area contributed by atoms with Crippen LogP contribution in [0.5, 0.6) is 0 Å². The standard InChI is InChI=1S/C12H17N3O2/c1-2-9-4-3-5-15(9)11-10(12(16)17)6-8(13)7-14-11/h6-7,9H,2-5,13H2,1H3,(H,16,17). The van der Waals surface area contributed by atoms with Crippen LogP contribution in [0.25, 0.3) is 0 Å². The van der Waals surface area contributed by atoms with E-state index in [-0.39, 0.29) is 5.56 Å². The molecular weight excluding hydrogens is 218 g/mol. The number of aromatic carboxylic acids is 1. The van der Waals surface area contributed by atoms with Gasteiger partial charge in [-0.15, -0.1) is 0 Å². The molecule has 0 bridgehead atoms. The van der Waals surface area contributed by atoms with E-state index in [4.69, 9.17) is 5.73 Å². The van der Waals surface area contributed by atoms with Gasteiger partial charge >= 0.3 is 5.97 Å². The van der Waals surface area contributed by atoms with Gasteiger partial charge in [0.25, 0.3) is 0 Å². The molecule has 2 rings (SSSR count). The molecule has 1 atom stereocenters. The summed E-state index contributed by atoms with van der Waals surface area (Å²) in [5.41, 5.74) is 6.17. The summed E-state index contributed by atoms with van der Waals surface area (Å²) in [5.74, 6) is -0.419. The number of carbonyl (C=O) groups is 1. The Balaban J connectivity index is 2.40. The summed E-state index contributed by atoms with van der Waals surface area (Å²) in [6, 6.07) is 1.87. The molecule has 0 saturated carbocycles. The topological polar surface area (TPSA) is 79.5 Å². The third-order valence-corrected chi connectivity index (χ3v) is 3.24. The van der Waals surface area contributed by atoms with Crippen LogP contribution < -0.4 is 10.6 Å². The van der Waals surface area contributed by atoms with Gasteiger partial charge in [-0.05, 0) is 25.3 Å². The molecule has 1 aliphatic heterocycles. The number of hydrogen-bond acceptors (Lipinski definition) is 4. The van der Waals surface area contributed by atoms with Crippen LogP contribution in [-0.4, -0.2) is 28.6 Å². The van der Waals surface area contributed by atoms with Crippen LogP contribution in [0.15, 0.2) is 12.3 Å². The molecule has 92 valence electrons. The Bertz CT molecular complexity index is 434. The largest absolute Gasteiger partial charge is 0.478 e. The molecule has 1 unspecified atom stereocenters. The minimum atomic E-state index is -0.971. The fourth-order valence-electron chi connectivity index (χ4n) is 2.40. The molecule has 0 aromatic carbocycles. The summed E-state index contributed by atoms with van der Waals surface area (Å²) in [5, 5.41) is 9.19. The average molecular weight is 235 g/mol. The third kappa shape index (κ3) is 2.18. The van der Waals surface area contributed by atoms with Crippen molar-refractivity contribution < 1.29 is 9.90 Å². The van der Waals surface area contributed by atoms with Crippen molar-refractivity contribution in [3.8, 4) is 0 Å². The number of carboxylic acid groups (broad SMARTS) is 1. The maximum absolute atomic E-state index is 11.2. The summed E-state index contributed by atoms with van der Waals surface area (Å²) in [6.45, 7) is 2.98. The minimum Gasteiger partial charge on any atom is -0.478 e. The monoisotopic (exact) mass is 235 g/mol. The molecule has 5 nitrogen and oxygen atoms in total. The van der Waals surface area contributed by atoms with Crippen LogP contribution in [0.2, 0.25) is 0 Å². The molecule has 0 amide bonds. The summed E-state index contributed by atoms with van der Waals surface area (Å²) in [4.78, 5) is 17.5. The van der Waals surface area contributed by atoms with Crippen molar-refractivity contribution in [2.45, 2.75) is 32.2 Å². The van der Waals surface area contributed by atoms with Gasteiger partial charge in [0.2, 0.25) is 0 Å². The SMILES string of the molecule is CCC1CCCN1c1ncc(N)cc1C(=O)O. The zero-order chi connectivity index (χ0) is 12.4. The quantitative estimate of drug-likeness (QED) is 0.834. The molecule has 0 radical (unpaired) electrons. The number of rotatable bonds is 3. The fraction of sp³-hybridized carbons (Fsp3) is 0.500. The lowest BCUT2D eigenvalue weighted by Gasteiger charge is -2.26. The number of carboxylic acids is 1. The molecule has 1 aromatic heterocycles. The van der Waals surface area contributed by atoms with E-state index in [1.54, 1.807) is 0 Å². The highest BCUT2D eigenvalue weighted by Gasteiger charge is 2.27. The maximum Gasteiger partial charge on any atom is 0.339 e. The highest BCUT2D eigenvalue weighted by molar-refractivity contribution is 5.94. The van der Waals surface area contributed by atoms with Crippen molar-refractivity contribution in [3.63, 3.8) is 0 Å². The molecule has 0 aliphatic carbocycles. The Morgan fingerprint density at radius 3 is 3.12 bits per heavy atom. The Morgan fingerprint density at radius 2 is 2.47 bits per heavy atom. The van der Waals surface area contributed by atoms with E-state index in [1.807, 2.05) is 0 Å². The normalized spacial score (nSPS) is 19.6. The smallest absolute Gasteiger partial charge is 0.339 e. The fourth-order valence-corrected chi connectivity index (χ4v) is 2.40. The van der Waals surface area contributed by atoms with Crippen molar-refractivity contribution in [1.29, 1.82) is 0 Å². The maximum atomic E-state index is 11.2. The number of nitrogens with two attached hydrogens (primary N) is 1. The Kier molecular flexibility index (Phi) is 3.17. The first-order valence-corrected chi connectivity index (χ1v) is 5.89. The van der Waals surface area contributed by atoms with E-state index >= 15 is 0 Å². The molecule has 17 heavy (non-hydrogen) atoms. The number of nitrogens with zero attached hydrogens (tertiary/aromatic N) is 2. The van der Waals surface area contributed by atoms with Crippen LogP contribution >= 0.6 is 0 Å². The summed E-state index contributed by atoms with van der Waals surface area (Å²) >= 11 is 0. The first-order valence-electron chi connectivity index (χ1n) is 5.89. The summed E-state index contributed by atoms with van der Waals surface area (Å²) in [7, 11) is 0. The van der Waals surface area contributed by atoms with Gasteiger partial charge in [0, 0.05) is 12.6 Å². The van der Waals surface area contributed by atoms with E-state index in [9.17, 15) is 9.90 Å². The van der Waals surface area contributed by atoms with Crippen LogP contribution in [0, 0.1) is 0 Å². The van der Waals surface area contributed by atoms with Crippen molar-refractivity contribution in [2.75, 3.05) is 17.2 Å². The second-order valence-electron chi connectivity index (χ2n) is 4.34. The molecule has 1 aromatic rings. The predicted octanol–water partition coefficient (Wildman–Crippen LogP) is 1.74. The van der Waals surface area contributed by atoms with Gasteiger partial charge in [-0.25, -0.2) is 9.78 Å². The number of nitrogen functional groups attached to an aromatic ring is 1. The molecule has 1 saturated heterocycles. The van der Waals surface area contributed by atoms with Gasteiger partial charge in [-0.1, -0.05) is 6.92 Å². The minimum absolute atomic E-state index is 0.199. The zero-order valence-corrected chi connectivity index (χ0v) is 9.89. The number of pyridine rings is 1. The zero-order valence-electron chi connectivity index (χ0n) is 9.89. The molecular formula is C12H17N3O2. The van der Waals surface area contributed by atoms with Gasteiger partial charge in [-0.3, -0.25) is 0 Å². The molecule has 1 aliphatic rings. The molecule has 5 heteroatoms. The average Bonchev–Trinajstić information content (AvgIpc) is 2.76. The summed E-state index contributed by atoms with van der Waals surface area (Å²) < 4.78 is 0. The lowest BCUT2D eigenvalue weighted by Crippen LogP contribution is -2.31. The van der Waals surface area contributed by atoms with Crippen LogP contribution in [0.1, 0.15) is 36.5 Å². The highest BCUT2D eigenvalue weighted by atomic mass is 16.4. The van der Waals surface area contributed by atoms with Gasteiger partial charge in [0.1, 0.15) is 11.4 Å². The lowest BCUT2D eigenvalue weighted by molar-refractivity contribution is 0.0697. The number of hydrogen-bond donors (Lipinski definition) is 2. The Labute approximate surface area is 100 Å². The highest BCUT2D eigenvalue weighted by Crippen LogP contribution is 2.29. The van der Waals surface area contributed by atoms with Gasteiger partial charge in [0.05, 0.1) is 11.9 Å². The van der Waals surface area contributed by atoms with Crippen molar-refractivity contribution in [3.05, 3.63) is 17.8 Å². The molecule has 0 spiro atoms. The van der Waals surface area contributed by atoms with Gasteiger partial charge < -0.3 is 15.7 Å². The molecule has 3 N–H and O–H groups in total. The van der Waals surface area contributed by atoms with E-state index in [0.717, 1.165) is 25.8 Å². The lowest BCUT2D eigenvalue weighted by atomic mass is 10.1. The van der Waals surface area contributed by atoms with Crippen molar-refractivity contribution in [1.82, 2.24) is 4.98 Å². The third-order valence-electron chi connectivity index (χ3n) is 3.24. The molecule has 2 heterocycles. The van der Waals surface area contributed by atoms with Gasteiger partial charge in [-0.2, -0.15) is 0 Å². The van der Waals surface area contributed by atoms with Crippen LogP contribution in [0.4, 0.5) is 11.5 Å². The van der Waals surface area contributed by atoms with Crippen LogP contribution in [0.3, 0.4) is 0 Å². The van der Waals surface area contributed by atoms with Crippen LogP contribution in [-0.2, 0) is 0 Å². The Morgan fingerprint density at radius 1 is 1.71 bits per heavy atom. The second kappa shape index (κ2) is 4.61. The van der Waals surface area contributed by atoms with E-state index in [0.29, 0.717) is 17.5 Å². The second-order valence-corrected chi connectivity index (χ2v) is 4.34. The Hall–Kier alpha value is -1.78. The van der Waals surface area contributed by atoms with E-state index in [1.165, 1.54) is 12.3 Å². The van der Waals surface area contributed by atoms with E-state index in [2.05, 4.69) is 16.8 Å². The number of aromatic nitrogens is 1. The predicted molar refractivity (Wildman–Crippen MR) is 66.3 cm³/mol. The molecule has 1 fully saturated rings. The van der Waals surface area contributed by atoms with Crippen molar-refractivity contribution in [2.24, 2.45) is 0 Å². The van der Waals surface area contributed by atoms with E-state index < -0.39 is 5.97 Å². The first kappa shape index (κ1) is 11.7. The number of anilines is 2.